The second-order valence-electron chi connectivity index (χ2n) is 4.92. The average molecular weight is 406 g/mol. The van der Waals surface area contributed by atoms with Gasteiger partial charge in [0.05, 0.1) is 17.8 Å². The molecule has 0 atom stereocenters. The number of ether oxygens (including phenoxy) is 1. The maximum atomic E-state index is 12.9. The molecule has 0 amide bonds. The lowest BCUT2D eigenvalue weighted by Gasteiger charge is -2.20. The van der Waals surface area contributed by atoms with Gasteiger partial charge in [-0.3, -0.25) is 4.68 Å². The summed E-state index contributed by atoms with van der Waals surface area (Å²) in [5.74, 6) is -5.25. The molecular weight excluding hydrogens is 392 g/mol. The highest BCUT2D eigenvalue weighted by Gasteiger charge is 2.58. The Morgan fingerprint density at radius 2 is 1.84 bits per heavy atom. The standard InChI is InChI=1S/C14H13ClF5N3O.ClH/c15-11-2-1-9(10-6-22-23(7-10)4-3-21)5-12(11)24-8-13(16,17)14(18,19)20;/h1-2,5-7H,3-4,8,21H2;1H. The predicted molar refractivity (Wildman–Crippen MR) is 85.5 cm³/mol. The Hall–Kier alpha value is -1.58. The molecule has 25 heavy (non-hydrogen) atoms. The average Bonchev–Trinajstić information content (AvgIpc) is 2.94. The van der Waals surface area contributed by atoms with Crippen molar-refractivity contribution in [2.75, 3.05) is 13.2 Å². The third kappa shape index (κ3) is 5.20. The van der Waals surface area contributed by atoms with Crippen molar-refractivity contribution < 1.29 is 26.7 Å². The molecule has 4 nitrogen and oxygen atoms in total. The number of nitrogens with zero attached hydrogens (tertiary/aromatic N) is 2. The van der Waals surface area contributed by atoms with Crippen LogP contribution in [0.1, 0.15) is 0 Å². The molecule has 0 aliphatic carbocycles. The van der Waals surface area contributed by atoms with Crippen molar-refractivity contribution >= 4 is 24.0 Å². The molecule has 0 aliphatic heterocycles. The first-order chi connectivity index (χ1) is 11.1. The van der Waals surface area contributed by atoms with Crippen molar-refractivity contribution in [3.63, 3.8) is 0 Å². The van der Waals surface area contributed by atoms with E-state index in [9.17, 15) is 22.0 Å². The monoisotopic (exact) mass is 405 g/mol. The summed E-state index contributed by atoms with van der Waals surface area (Å²) in [6, 6.07) is 4.19. The van der Waals surface area contributed by atoms with E-state index in [1.165, 1.54) is 18.3 Å². The first-order valence-electron chi connectivity index (χ1n) is 6.74. The molecule has 11 heteroatoms. The van der Waals surface area contributed by atoms with Gasteiger partial charge in [-0.15, -0.1) is 12.4 Å². The molecule has 0 radical (unpaired) electrons. The lowest BCUT2D eigenvalue weighted by Crippen LogP contribution is -2.41. The van der Waals surface area contributed by atoms with Crippen LogP contribution in [0.25, 0.3) is 11.1 Å². The number of aromatic nitrogens is 2. The van der Waals surface area contributed by atoms with Crippen LogP contribution < -0.4 is 10.5 Å². The van der Waals surface area contributed by atoms with Gasteiger partial charge >= 0.3 is 12.1 Å². The predicted octanol–water partition coefficient (Wildman–Crippen LogP) is 4.16. The largest absolute Gasteiger partial charge is 0.485 e. The summed E-state index contributed by atoms with van der Waals surface area (Å²) < 4.78 is 68.6. The van der Waals surface area contributed by atoms with Crippen LogP contribution in [0, 0.1) is 0 Å². The summed E-state index contributed by atoms with van der Waals surface area (Å²) >= 11 is 5.79. The number of alkyl halides is 5. The summed E-state index contributed by atoms with van der Waals surface area (Å²) in [6.45, 7) is -0.997. The van der Waals surface area contributed by atoms with Crippen LogP contribution in [-0.2, 0) is 6.54 Å². The molecule has 140 valence electrons. The quantitative estimate of drug-likeness (QED) is 0.734. The van der Waals surface area contributed by atoms with E-state index in [0.29, 0.717) is 24.2 Å². The molecule has 0 unspecified atom stereocenters. The van der Waals surface area contributed by atoms with E-state index in [-0.39, 0.29) is 23.2 Å². The Kier molecular flexibility index (Phi) is 7.04. The molecule has 0 saturated heterocycles. The van der Waals surface area contributed by atoms with E-state index in [0.717, 1.165) is 0 Å². The summed E-state index contributed by atoms with van der Waals surface area (Å²) in [6.07, 6.45) is -2.53. The highest BCUT2D eigenvalue weighted by molar-refractivity contribution is 6.32. The molecule has 0 bridgehead atoms. The molecule has 1 aromatic heterocycles. The van der Waals surface area contributed by atoms with Crippen LogP contribution in [0.5, 0.6) is 5.75 Å². The number of nitrogens with two attached hydrogens (primary N) is 1. The van der Waals surface area contributed by atoms with Gasteiger partial charge in [0, 0.05) is 18.3 Å². The lowest BCUT2D eigenvalue weighted by molar-refractivity contribution is -0.290. The van der Waals surface area contributed by atoms with Crippen molar-refractivity contribution in [1.82, 2.24) is 9.78 Å². The van der Waals surface area contributed by atoms with Crippen LogP contribution in [0.4, 0.5) is 22.0 Å². The molecule has 1 aromatic carbocycles. The minimum atomic E-state index is -5.69. The van der Waals surface area contributed by atoms with Gasteiger partial charge in [0.25, 0.3) is 0 Å². The Bertz CT molecular complexity index is 706. The summed E-state index contributed by atoms with van der Waals surface area (Å²) in [5, 5.41) is 3.97. The maximum Gasteiger partial charge on any atom is 0.456 e. The van der Waals surface area contributed by atoms with Gasteiger partial charge in [0.1, 0.15) is 5.75 Å². The van der Waals surface area contributed by atoms with Crippen LogP contribution >= 0.6 is 24.0 Å². The molecular formula is C14H14Cl2F5N3O. The molecule has 2 aromatic rings. The molecule has 2 rings (SSSR count). The smallest absolute Gasteiger partial charge is 0.456 e. The van der Waals surface area contributed by atoms with E-state index < -0.39 is 18.7 Å². The first kappa shape index (κ1) is 21.5. The van der Waals surface area contributed by atoms with Crippen LogP contribution in [0.3, 0.4) is 0 Å². The summed E-state index contributed by atoms with van der Waals surface area (Å²) in [4.78, 5) is 0. The van der Waals surface area contributed by atoms with E-state index in [1.54, 1.807) is 16.9 Å². The second kappa shape index (κ2) is 8.20. The van der Waals surface area contributed by atoms with Crippen LogP contribution in [0.2, 0.25) is 5.02 Å². The molecule has 1 heterocycles. The second-order valence-corrected chi connectivity index (χ2v) is 5.32. The number of hydrogen-bond donors (Lipinski definition) is 1. The fourth-order valence-electron chi connectivity index (χ4n) is 1.81. The van der Waals surface area contributed by atoms with Gasteiger partial charge < -0.3 is 10.5 Å². The Morgan fingerprint density at radius 1 is 1.16 bits per heavy atom. The first-order valence-corrected chi connectivity index (χ1v) is 7.11. The third-order valence-electron chi connectivity index (χ3n) is 3.08. The summed E-state index contributed by atoms with van der Waals surface area (Å²) in [7, 11) is 0. The van der Waals surface area contributed by atoms with Crippen molar-refractivity contribution in [2.24, 2.45) is 5.73 Å². The normalized spacial score (nSPS) is 12.0. The van der Waals surface area contributed by atoms with Crippen molar-refractivity contribution in [3.8, 4) is 16.9 Å². The summed E-state index contributed by atoms with van der Waals surface area (Å²) in [5.41, 5.74) is 6.53. The Balaban J connectivity index is 0.00000312. The highest BCUT2D eigenvalue weighted by atomic mass is 35.5. The zero-order valence-electron chi connectivity index (χ0n) is 12.6. The van der Waals surface area contributed by atoms with Crippen LogP contribution in [-0.4, -0.2) is 35.0 Å². The van der Waals surface area contributed by atoms with E-state index in [4.69, 9.17) is 17.3 Å². The highest BCUT2D eigenvalue weighted by Crippen LogP contribution is 2.37. The lowest BCUT2D eigenvalue weighted by atomic mass is 10.1. The third-order valence-corrected chi connectivity index (χ3v) is 3.39. The van der Waals surface area contributed by atoms with Crippen LogP contribution in [0.15, 0.2) is 30.6 Å². The molecule has 0 aliphatic rings. The molecule has 2 N–H and O–H groups in total. The van der Waals surface area contributed by atoms with Gasteiger partial charge in [0.15, 0.2) is 6.61 Å². The zero-order valence-corrected chi connectivity index (χ0v) is 14.1. The van der Waals surface area contributed by atoms with Crippen molar-refractivity contribution in [2.45, 2.75) is 18.6 Å². The Morgan fingerprint density at radius 3 is 2.44 bits per heavy atom. The molecule has 0 fully saturated rings. The molecule has 0 saturated carbocycles. The minimum absolute atomic E-state index is 0. The fraction of sp³-hybridized carbons (Fsp3) is 0.357. The van der Waals surface area contributed by atoms with E-state index in [2.05, 4.69) is 9.84 Å². The van der Waals surface area contributed by atoms with E-state index in [1.807, 2.05) is 0 Å². The van der Waals surface area contributed by atoms with Gasteiger partial charge in [-0.05, 0) is 17.7 Å². The number of benzene rings is 1. The topological polar surface area (TPSA) is 53.1 Å². The number of rotatable bonds is 6. The Labute approximate surface area is 151 Å². The maximum absolute atomic E-state index is 12.9. The van der Waals surface area contributed by atoms with E-state index >= 15 is 0 Å². The van der Waals surface area contributed by atoms with Gasteiger partial charge in [-0.25, -0.2) is 0 Å². The van der Waals surface area contributed by atoms with Gasteiger partial charge in [0.2, 0.25) is 0 Å². The number of halogens is 7. The van der Waals surface area contributed by atoms with Crippen molar-refractivity contribution in [1.29, 1.82) is 0 Å². The van der Waals surface area contributed by atoms with Gasteiger partial charge in [-0.1, -0.05) is 17.7 Å². The number of hydrogen-bond acceptors (Lipinski definition) is 3. The fourth-order valence-corrected chi connectivity index (χ4v) is 1.98. The SMILES string of the molecule is Cl.NCCn1cc(-c2ccc(Cl)c(OCC(F)(F)C(F)(F)F)c2)cn1. The molecule has 0 spiro atoms. The minimum Gasteiger partial charge on any atom is -0.485 e. The van der Waals surface area contributed by atoms with Crippen molar-refractivity contribution in [3.05, 3.63) is 35.6 Å². The zero-order chi connectivity index (χ0) is 18.0. The van der Waals surface area contributed by atoms with Gasteiger partial charge in [-0.2, -0.15) is 27.1 Å².